The monoisotopic (exact) mass is 413 g/mol. The molecule has 156 valence electrons. The maximum absolute atomic E-state index is 13.2. The summed E-state index contributed by atoms with van der Waals surface area (Å²) in [5, 5.41) is 0. The van der Waals surface area contributed by atoms with Crippen molar-refractivity contribution in [3.63, 3.8) is 0 Å². The van der Waals surface area contributed by atoms with E-state index in [0.29, 0.717) is 11.3 Å². The summed E-state index contributed by atoms with van der Waals surface area (Å²) in [7, 11) is 0. The lowest BCUT2D eigenvalue weighted by atomic mass is 9.98. The van der Waals surface area contributed by atoms with Crippen LogP contribution in [-0.4, -0.2) is 33.3 Å². The van der Waals surface area contributed by atoms with Crippen molar-refractivity contribution in [1.29, 1.82) is 0 Å². The van der Waals surface area contributed by atoms with Crippen LogP contribution in [0.4, 0.5) is 13.2 Å². The van der Waals surface area contributed by atoms with E-state index in [1.807, 2.05) is 48.8 Å². The van der Waals surface area contributed by atoms with Gasteiger partial charge in [-0.1, -0.05) is 0 Å². The van der Waals surface area contributed by atoms with Crippen LogP contribution in [0.2, 0.25) is 0 Å². The van der Waals surface area contributed by atoms with Crippen LogP contribution in [0.15, 0.2) is 48.0 Å². The summed E-state index contributed by atoms with van der Waals surface area (Å²) in [4.78, 5) is 13.2. The predicted octanol–water partition coefficient (Wildman–Crippen LogP) is 4.73. The van der Waals surface area contributed by atoms with E-state index in [2.05, 4.69) is 9.98 Å². The molecule has 0 spiro atoms. The molecular weight excluding hydrogens is 391 g/mol. The second-order valence-corrected chi connectivity index (χ2v) is 7.76. The third-order valence-corrected chi connectivity index (χ3v) is 5.71. The highest BCUT2D eigenvalue weighted by atomic mass is 19.4. The molecule has 0 amide bonds. The largest absolute Gasteiger partial charge is 0.404 e. The highest BCUT2D eigenvalue weighted by Gasteiger charge is 2.62. The highest BCUT2D eigenvalue weighted by Crippen LogP contribution is 2.57. The number of halogens is 3. The van der Waals surface area contributed by atoms with Gasteiger partial charge in [-0.2, -0.15) is 13.2 Å². The fourth-order valence-corrected chi connectivity index (χ4v) is 3.41. The minimum Gasteiger partial charge on any atom is -0.404 e. The van der Waals surface area contributed by atoms with Gasteiger partial charge < -0.3 is 10.1 Å². The average Bonchev–Trinajstić information content (AvgIpc) is 3.36. The van der Waals surface area contributed by atoms with Crippen molar-refractivity contribution in [2.75, 3.05) is 6.54 Å². The maximum atomic E-state index is 13.2. The Kier molecular flexibility index (Phi) is 4.88. The fourth-order valence-electron chi connectivity index (χ4n) is 3.41. The van der Waals surface area contributed by atoms with Crippen LogP contribution in [0.25, 0.3) is 22.5 Å². The quantitative estimate of drug-likeness (QED) is 0.615. The smallest absolute Gasteiger partial charge is 0.396 e. The Balaban J connectivity index is 1.71. The van der Waals surface area contributed by atoms with Crippen molar-refractivity contribution in [2.45, 2.75) is 32.9 Å². The van der Waals surface area contributed by atoms with Crippen molar-refractivity contribution < 1.29 is 13.2 Å². The molecule has 8 heteroatoms. The second kappa shape index (κ2) is 7.27. The Bertz CT molecular complexity index is 1150. The van der Waals surface area contributed by atoms with E-state index >= 15 is 0 Å². The number of pyridine rings is 2. The number of aryl methyl sites for hydroxylation is 2. The normalized spacial score (nSPS) is 16.5. The van der Waals surface area contributed by atoms with Gasteiger partial charge in [0.25, 0.3) is 0 Å². The molecule has 3 aromatic rings. The molecule has 0 bridgehead atoms. The van der Waals surface area contributed by atoms with Crippen LogP contribution in [0.3, 0.4) is 0 Å². The first-order valence-corrected chi connectivity index (χ1v) is 9.64. The second-order valence-electron chi connectivity index (χ2n) is 7.76. The van der Waals surface area contributed by atoms with E-state index in [0.717, 1.165) is 28.0 Å². The first-order valence-electron chi connectivity index (χ1n) is 9.64. The first-order chi connectivity index (χ1) is 14.2. The van der Waals surface area contributed by atoms with E-state index in [4.69, 9.17) is 10.7 Å². The maximum Gasteiger partial charge on any atom is 0.396 e. The average molecular weight is 413 g/mol. The molecule has 0 atom stereocenters. The zero-order valence-electron chi connectivity index (χ0n) is 16.7. The summed E-state index contributed by atoms with van der Waals surface area (Å²) >= 11 is 0. The Labute approximate surface area is 172 Å². The van der Waals surface area contributed by atoms with Crippen LogP contribution in [0.5, 0.6) is 0 Å². The van der Waals surface area contributed by atoms with Crippen LogP contribution in [0.1, 0.15) is 29.7 Å². The predicted molar refractivity (Wildman–Crippen MR) is 111 cm³/mol. The number of nitrogens with two attached hydrogens (primary N) is 1. The minimum absolute atomic E-state index is 0.121. The number of aliphatic imine (C=N–C) groups is 1. The summed E-state index contributed by atoms with van der Waals surface area (Å²) in [5.74, 6) is 0. The molecule has 5 nitrogen and oxygen atoms in total. The van der Waals surface area contributed by atoms with Crippen LogP contribution in [-0.2, 0) is 0 Å². The van der Waals surface area contributed by atoms with Gasteiger partial charge >= 0.3 is 6.18 Å². The van der Waals surface area contributed by atoms with Gasteiger partial charge in [-0.25, -0.2) is 4.98 Å². The van der Waals surface area contributed by atoms with Gasteiger partial charge in [0.2, 0.25) is 0 Å². The molecule has 0 aromatic carbocycles. The lowest BCUT2D eigenvalue weighted by Gasteiger charge is -2.17. The lowest BCUT2D eigenvalue weighted by molar-refractivity contribution is -0.183. The molecule has 1 fully saturated rings. The third-order valence-electron chi connectivity index (χ3n) is 5.71. The standard InChI is InChI=1S/C22H22F3N5/c1-14-9-18(17(11-26)12-27-13-21(4-5-21)22(23,24)25)20(29-15(14)2)16-3-7-30-8-6-28-19(30)10-16/h3,6-12H,4-5,13,26H2,1-2H3. The van der Waals surface area contributed by atoms with Crippen molar-refractivity contribution in [2.24, 2.45) is 16.1 Å². The summed E-state index contributed by atoms with van der Waals surface area (Å²) in [6, 6.07) is 5.77. The molecule has 3 aromatic heterocycles. The van der Waals surface area contributed by atoms with Crippen molar-refractivity contribution >= 4 is 17.4 Å². The zero-order chi connectivity index (χ0) is 21.5. The molecule has 0 radical (unpaired) electrons. The zero-order valence-corrected chi connectivity index (χ0v) is 16.7. The van der Waals surface area contributed by atoms with E-state index < -0.39 is 11.6 Å². The first kappa shape index (κ1) is 20.1. The number of alkyl halides is 3. The lowest BCUT2D eigenvalue weighted by Crippen LogP contribution is -2.27. The molecule has 2 N–H and O–H groups in total. The van der Waals surface area contributed by atoms with Crippen LogP contribution in [0, 0.1) is 19.3 Å². The van der Waals surface area contributed by atoms with Crippen LogP contribution < -0.4 is 5.73 Å². The molecule has 3 heterocycles. The Morgan fingerprint density at radius 2 is 2.03 bits per heavy atom. The molecule has 1 aliphatic carbocycles. The topological polar surface area (TPSA) is 68.6 Å². The minimum atomic E-state index is -4.23. The molecule has 1 saturated carbocycles. The van der Waals surface area contributed by atoms with Gasteiger partial charge in [0.05, 0.1) is 17.7 Å². The number of hydrogen-bond donors (Lipinski definition) is 1. The van der Waals surface area contributed by atoms with E-state index in [-0.39, 0.29) is 19.4 Å². The van der Waals surface area contributed by atoms with Gasteiger partial charge in [0.1, 0.15) is 5.65 Å². The number of imidazole rings is 1. The molecule has 4 rings (SSSR count). The van der Waals surface area contributed by atoms with Crippen molar-refractivity contribution in [3.05, 3.63) is 59.8 Å². The van der Waals surface area contributed by atoms with Gasteiger partial charge in [-0.15, -0.1) is 0 Å². The molecule has 0 unspecified atom stereocenters. The van der Waals surface area contributed by atoms with Crippen LogP contribution >= 0.6 is 0 Å². The van der Waals surface area contributed by atoms with E-state index in [1.54, 1.807) is 6.20 Å². The molecular formula is C22H22F3N5. The fraction of sp³-hybridized carbons (Fsp3) is 0.318. The van der Waals surface area contributed by atoms with Crippen molar-refractivity contribution in [1.82, 2.24) is 14.4 Å². The SMILES string of the molecule is Cc1cc(C(C=NCC2(C(F)(F)F)CC2)=CN)c(-c2ccn3ccnc3c2)nc1C. The Morgan fingerprint density at radius 3 is 2.70 bits per heavy atom. The number of rotatable bonds is 5. The van der Waals surface area contributed by atoms with E-state index in [9.17, 15) is 13.2 Å². The molecule has 0 aliphatic heterocycles. The summed E-state index contributed by atoms with van der Waals surface area (Å²) in [6.07, 6.45) is 4.24. The number of fused-ring (bicyclic) bond motifs is 1. The molecule has 30 heavy (non-hydrogen) atoms. The van der Waals surface area contributed by atoms with Gasteiger partial charge in [0, 0.05) is 53.4 Å². The summed E-state index contributed by atoms with van der Waals surface area (Å²) < 4.78 is 41.4. The van der Waals surface area contributed by atoms with Crippen molar-refractivity contribution in [3.8, 4) is 11.3 Å². The van der Waals surface area contributed by atoms with E-state index in [1.165, 1.54) is 12.4 Å². The van der Waals surface area contributed by atoms with Gasteiger partial charge in [0.15, 0.2) is 0 Å². The summed E-state index contributed by atoms with van der Waals surface area (Å²) in [5.41, 5.74) is 9.52. The van der Waals surface area contributed by atoms with Gasteiger partial charge in [-0.05, 0) is 50.5 Å². The Morgan fingerprint density at radius 1 is 1.27 bits per heavy atom. The number of allylic oxidation sites excluding steroid dienone is 1. The number of aromatic nitrogens is 3. The third kappa shape index (κ3) is 3.58. The highest BCUT2D eigenvalue weighted by molar-refractivity contribution is 6.11. The number of hydrogen-bond acceptors (Lipinski definition) is 4. The number of nitrogens with zero attached hydrogens (tertiary/aromatic N) is 4. The molecule has 0 saturated heterocycles. The Hall–Kier alpha value is -3.16. The summed E-state index contributed by atoms with van der Waals surface area (Å²) in [6.45, 7) is 3.56. The molecule has 1 aliphatic rings. The van der Waals surface area contributed by atoms with Gasteiger partial charge in [-0.3, -0.25) is 9.98 Å².